The number of nitrogens with one attached hydrogen (secondary N) is 1. The van der Waals surface area contributed by atoms with Gasteiger partial charge in [-0.05, 0) is 30.7 Å². The highest BCUT2D eigenvalue weighted by molar-refractivity contribution is 7.16. The molecule has 1 N–H and O–H groups in total. The number of piperidine rings is 1. The molecular formula is C16H20N4O3S. The van der Waals surface area contributed by atoms with Crippen molar-refractivity contribution in [2.24, 2.45) is 0 Å². The van der Waals surface area contributed by atoms with Gasteiger partial charge >= 0.3 is 0 Å². The topological polar surface area (TPSA) is 84.3 Å². The van der Waals surface area contributed by atoms with E-state index in [1.807, 2.05) is 5.38 Å². The number of nitrogens with zero attached hydrogens (tertiary/aromatic N) is 3. The summed E-state index contributed by atoms with van der Waals surface area (Å²) in [6.07, 6.45) is 4.21. The predicted octanol–water partition coefficient (Wildman–Crippen LogP) is 0.975. The maximum absolute atomic E-state index is 12.5. The molecule has 0 aromatic carbocycles. The molecular weight excluding hydrogens is 328 g/mol. The van der Waals surface area contributed by atoms with Crippen molar-refractivity contribution in [2.75, 3.05) is 13.6 Å². The molecule has 0 aliphatic carbocycles. The van der Waals surface area contributed by atoms with Gasteiger partial charge in [0.05, 0.1) is 11.7 Å². The molecule has 1 atom stereocenters. The summed E-state index contributed by atoms with van der Waals surface area (Å²) in [6, 6.07) is 1.35. The average molecular weight is 348 g/mol. The Hall–Kier alpha value is -2.22. The molecule has 2 amide bonds. The number of aryl methyl sites for hydroxylation is 1. The monoisotopic (exact) mass is 348 g/mol. The van der Waals surface area contributed by atoms with E-state index in [2.05, 4.69) is 10.3 Å². The fraction of sp³-hybridized carbons (Fsp3) is 0.500. The first kappa shape index (κ1) is 16.6. The van der Waals surface area contributed by atoms with Crippen LogP contribution in [0.5, 0.6) is 0 Å². The number of hydrogen-bond donors (Lipinski definition) is 1. The van der Waals surface area contributed by atoms with E-state index in [0.717, 1.165) is 12.8 Å². The van der Waals surface area contributed by atoms with Gasteiger partial charge in [0, 0.05) is 26.6 Å². The van der Waals surface area contributed by atoms with E-state index in [9.17, 15) is 14.4 Å². The van der Waals surface area contributed by atoms with E-state index in [4.69, 9.17) is 0 Å². The smallest absolute Gasteiger partial charge is 0.262 e. The van der Waals surface area contributed by atoms with Crippen molar-refractivity contribution < 1.29 is 9.59 Å². The number of aromatic nitrogens is 2. The Kier molecular flexibility index (Phi) is 4.94. The Bertz CT molecular complexity index is 813. The second kappa shape index (κ2) is 7.12. The predicted molar refractivity (Wildman–Crippen MR) is 91.9 cm³/mol. The lowest BCUT2D eigenvalue weighted by Crippen LogP contribution is -2.51. The van der Waals surface area contributed by atoms with Crippen LogP contribution in [-0.4, -0.2) is 45.9 Å². The maximum Gasteiger partial charge on any atom is 0.262 e. The summed E-state index contributed by atoms with van der Waals surface area (Å²) >= 11 is 1.42. The van der Waals surface area contributed by atoms with Gasteiger partial charge < -0.3 is 10.2 Å². The van der Waals surface area contributed by atoms with Crippen molar-refractivity contribution in [3.05, 3.63) is 28.1 Å². The molecule has 3 rings (SSSR count). The van der Waals surface area contributed by atoms with Crippen LogP contribution in [-0.2, 0) is 16.1 Å². The number of fused-ring (bicyclic) bond motifs is 1. The van der Waals surface area contributed by atoms with Crippen LogP contribution in [0.25, 0.3) is 10.2 Å². The minimum absolute atomic E-state index is 0.0967. The molecule has 7 nitrogen and oxygen atoms in total. The first-order chi connectivity index (χ1) is 11.6. The average Bonchev–Trinajstić information content (AvgIpc) is 3.10. The fourth-order valence-corrected chi connectivity index (χ4v) is 3.80. The summed E-state index contributed by atoms with van der Waals surface area (Å²) in [5.41, 5.74) is -0.129. The van der Waals surface area contributed by atoms with Crippen LogP contribution in [0.15, 0.2) is 22.6 Å². The molecule has 1 saturated heterocycles. The van der Waals surface area contributed by atoms with Crippen LogP contribution < -0.4 is 10.9 Å². The third kappa shape index (κ3) is 3.19. The SMILES string of the molecule is CNC(=O)[C@H]1CCCCN1C(=O)CCn1cnc2sccc2c1=O. The number of carbonyl (C=O) groups is 2. The van der Waals surface area contributed by atoms with Crippen molar-refractivity contribution in [2.45, 2.75) is 38.3 Å². The standard InChI is InChI=1S/C16H20N4O3S/c1-17-14(22)12-4-2-3-7-20(12)13(21)5-8-19-10-18-15-11(16(19)23)6-9-24-15/h6,9-10,12H,2-5,7-8H2,1H3,(H,17,22)/t12-/m1/s1. The highest BCUT2D eigenvalue weighted by Crippen LogP contribution is 2.18. The molecule has 1 aliphatic heterocycles. The lowest BCUT2D eigenvalue weighted by Gasteiger charge is -2.34. The molecule has 24 heavy (non-hydrogen) atoms. The largest absolute Gasteiger partial charge is 0.357 e. The summed E-state index contributed by atoms with van der Waals surface area (Å²) in [5.74, 6) is -0.220. The third-order valence-electron chi connectivity index (χ3n) is 4.39. The van der Waals surface area contributed by atoms with Crippen molar-refractivity contribution >= 4 is 33.4 Å². The zero-order valence-corrected chi connectivity index (χ0v) is 14.3. The minimum atomic E-state index is -0.398. The molecule has 2 aromatic rings. The summed E-state index contributed by atoms with van der Waals surface area (Å²) < 4.78 is 1.46. The fourth-order valence-electron chi connectivity index (χ4n) is 3.08. The molecule has 0 radical (unpaired) electrons. The van der Waals surface area contributed by atoms with E-state index in [0.29, 0.717) is 23.2 Å². The number of hydrogen-bond acceptors (Lipinski definition) is 5. The van der Waals surface area contributed by atoms with Crippen LogP contribution in [0.4, 0.5) is 0 Å². The molecule has 1 aliphatic rings. The van der Waals surface area contributed by atoms with E-state index < -0.39 is 6.04 Å². The van der Waals surface area contributed by atoms with Crippen molar-refractivity contribution in [3.8, 4) is 0 Å². The molecule has 0 spiro atoms. The summed E-state index contributed by atoms with van der Waals surface area (Å²) in [4.78, 5) is 43.4. The molecule has 8 heteroatoms. The zero-order chi connectivity index (χ0) is 17.1. The molecule has 0 saturated carbocycles. The minimum Gasteiger partial charge on any atom is -0.357 e. The Labute approximate surface area is 143 Å². The Morgan fingerprint density at radius 1 is 1.42 bits per heavy atom. The maximum atomic E-state index is 12.5. The highest BCUT2D eigenvalue weighted by atomic mass is 32.1. The summed E-state index contributed by atoms with van der Waals surface area (Å²) in [6.45, 7) is 0.862. The summed E-state index contributed by atoms with van der Waals surface area (Å²) in [7, 11) is 1.58. The first-order valence-corrected chi connectivity index (χ1v) is 8.93. The Morgan fingerprint density at radius 2 is 2.25 bits per heavy atom. The van der Waals surface area contributed by atoms with Gasteiger partial charge in [0.15, 0.2) is 0 Å². The first-order valence-electron chi connectivity index (χ1n) is 8.05. The zero-order valence-electron chi connectivity index (χ0n) is 13.5. The van der Waals surface area contributed by atoms with Gasteiger partial charge in [-0.2, -0.15) is 0 Å². The quantitative estimate of drug-likeness (QED) is 0.892. The Balaban J connectivity index is 1.70. The second-order valence-corrected chi connectivity index (χ2v) is 6.74. The second-order valence-electron chi connectivity index (χ2n) is 5.85. The van der Waals surface area contributed by atoms with Crippen molar-refractivity contribution in [1.29, 1.82) is 0 Å². The lowest BCUT2D eigenvalue weighted by molar-refractivity contribution is -0.142. The molecule has 0 bridgehead atoms. The van der Waals surface area contributed by atoms with Crippen molar-refractivity contribution in [1.82, 2.24) is 19.8 Å². The van der Waals surface area contributed by atoms with Crippen LogP contribution in [0.2, 0.25) is 0 Å². The van der Waals surface area contributed by atoms with Crippen molar-refractivity contribution in [3.63, 3.8) is 0 Å². The number of thiophene rings is 1. The number of carbonyl (C=O) groups excluding carboxylic acids is 2. The van der Waals surface area contributed by atoms with Gasteiger partial charge in [-0.1, -0.05) is 0 Å². The number of likely N-dealkylation sites (N-methyl/N-ethyl adjacent to an activating group) is 1. The molecule has 0 unspecified atom stereocenters. The van der Waals surface area contributed by atoms with Crippen LogP contribution in [0.1, 0.15) is 25.7 Å². The van der Waals surface area contributed by atoms with Crippen LogP contribution in [0.3, 0.4) is 0 Å². The molecule has 2 aromatic heterocycles. The third-order valence-corrected chi connectivity index (χ3v) is 5.21. The lowest BCUT2D eigenvalue weighted by atomic mass is 10.0. The number of rotatable bonds is 4. The van der Waals surface area contributed by atoms with Gasteiger partial charge in [-0.15, -0.1) is 11.3 Å². The van der Waals surface area contributed by atoms with Gasteiger partial charge in [-0.25, -0.2) is 4.98 Å². The van der Waals surface area contributed by atoms with Gasteiger partial charge in [0.2, 0.25) is 11.8 Å². The van der Waals surface area contributed by atoms with Gasteiger partial charge in [0.1, 0.15) is 10.9 Å². The van der Waals surface area contributed by atoms with E-state index >= 15 is 0 Å². The normalized spacial score (nSPS) is 17.9. The molecule has 1 fully saturated rings. The van der Waals surface area contributed by atoms with Gasteiger partial charge in [-0.3, -0.25) is 19.0 Å². The number of amides is 2. The number of likely N-dealkylation sites (tertiary alicyclic amines) is 1. The summed E-state index contributed by atoms with van der Waals surface area (Å²) in [5, 5.41) is 5.03. The van der Waals surface area contributed by atoms with Gasteiger partial charge in [0.25, 0.3) is 5.56 Å². The van der Waals surface area contributed by atoms with E-state index in [1.54, 1.807) is 18.0 Å². The highest BCUT2D eigenvalue weighted by Gasteiger charge is 2.31. The molecule has 128 valence electrons. The van der Waals surface area contributed by atoms with E-state index in [-0.39, 0.29) is 30.3 Å². The van der Waals surface area contributed by atoms with Crippen LogP contribution >= 0.6 is 11.3 Å². The van der Waals surface area contributed by atoms with E-state index in [1.165, 1.54) is 22.2 Å². The van der Waals surface area contributed by atoms with Crippen LogP contribution in [0, 0.1) is 0 Å². The Morgan fingerprint density at radius 3 is 3.04 bits per heavy atom. The molecule has 3 heterocycles.